The number of aliphatic hydroxyl groups is 2. The van der Waals surface area contributed by atoms with Crippen molar-refractivity contribution in [2.45, 2.75) is 127 Å². The summed E-state index contributed by atoms with van der Waals surface area (Å²) >= 11 is 0. The largest absolute Gasteiger partial charge is 0.465 e. The SMILES string of the molecule is CC(=O)OC[C@]12[C@@H](OC(C)=O)[C@@H](OC(=O)c3ccccc3)[C@@H]3OC(=O)C(C)(O)CCc4ncccc4C(=O)OC[C@]4(C)O[C@]1(C(OC(C)=O)C4[C@@H](OC(C)=O)[C@@H]2OC(C)=O)[C@]3(C)O. The molecule has 12 atom stereocenters. The lowest BCUT2D eigenvalue weighted by Crippen LogP contribution is -2.89. The first-order chi connectivity index (χ1) is 29.4. The summed E-state index contributed by atoms with van der Waals surface area (Å²) in [5.41, 5.74) is -13.3. The number of cyclic esters (lactones) is 1. The molecule has 0 radical (unpaired) electrons. The van der Waals surface area contributed by atoms with Gasteiger partial charge in [-0.15, -0.1) is 0 Å². The fourth-order valence-corrected chi connectivity index (χ4v) is 9.73. The molecule has 1 aromatic heterocycles. The number of rotatable bonds is 8. The van der Waals surface area contributed by atoms with Crippen molar-refractivity contribution in [1.82, 2.24) is 4.98 Å². The number of hydrogen-bond acceptors (Lipinski definition) is 20. The third-order valence-corrected chi connectivity index (χ3v) is 12.2. The third-order valence-electron chi connectivity index (χ3n) is 12.2. The maximum Gasteiger partial charge on any atom is 0.340 e. The van der Waals surface area contributed by atoms with E-state index in [4.69, 9.17) is 42.6 Å². The van der Waals surface area contributed by atoms with Gasteiger partial charge in [0.25, 0.3) is 0 Å². The fraction of sp³-hybridized carbons (Fsp3) is 0.558. The van der Waals surface area contributed by atoms with E-state index in [-0.39, 0.29) is 23.2 Å². The molecule has 4 bridgehead atoms. The molecule has 6 rings (SSSR count). The maximum absolute atomic E-state index is 14.5. The second kappa shape index (κ2) is 16.9. The first-order valence-electron chi connectivity index (χ1n) is 20.0. The van der Waals surface area contributed by atoms with Crippen molar-refractivity contribution in [3.63, 3.8) is 0 Å². The molecule has 1 saturated heterocycles. The van der Waals surface area contributed by atoms with Crippen LogP contribution >= 0.6 is 0 Å². The third kappa shape index (κ3) is 7.99. The summed E-state index contributed by atoms with van der Waals surface area (Å²) in [5.74, 6) is -10.5. The minimum absolute atomic E-state index is 0.0847. The molecule has 3 fully saturated rings. The van der Waals surface area contributed by atoms with Crippen LogP contribution in [0.25, 0.3) is 0 Å². The molecule has 63 heavy (non-hydrogen) atoms. The molecule has 2 aliphatic heterocycles. The summed E-state index contributed by atoms with van der Waals surface area (Å²) in [6.07, 6.45) is -12.0. The van der Waals surface area contributed by atoms with Gasteiger partial charge in [0.15, 0.2) is 35.6 Å². The van der Waals surface area contributed by atoms with E-state index in [2.05, 4.69) is 4.98 Å². The number of aromatic nitrogens is 1. The summed E-state index contributed by atoms with van der Waals surface area (Å²) in [6, 6.07) is 10.1. The molecule has 4 aliphatic rings. The average Bonchev–Trinajstić information content (AvgIpc) is 3.42. The second-order valence-corrected chi connectivity index (χ2v) is 16.7. The van der Waals surface area contributed by atoms with Gasteiger partial charge in [0.05, 0.1) is 22.7 Å². The van der Waals surface area contributed by atoms with Gasteiger partial charge in [-0.3, -0.25) is 29.0 Å². The molecular formula is C43H49NO19. The van der Waals surface area contributed by atoms with Gasteiger partial charge >= 0.3 is 47.8 Å². The van der Waals surface area contributed by atoms with Gasteiger partial charge in [-0.05, 0) is 57.9 Å². The van der Waals surface area contributed by atoms with Crippen LogP contribution in [0, 0.1) is 11.3 Å². The summed E-state index contributed by atoms with van der Waals surface area (Å²) in [5, 5.41) is 25.4. The number of benzene rings is 1. The normalized spacial score (nSPS) is 35.8. The summed E-state index contributed by atoms with van der Waals surface area (Å²) in [6.45, 7) is 6.37. The van der Waals surface area contributed by atoms with Crippen LogP contribution < -0.4 is 0 Å². The van der Waals surface area contributed by atoms with Crippen molar-refractivity contribution < 1.29 is 91.2 Å². The highest BCUT2D eigenvalue weighted by atomic mass is 16.7. The molecule has 2 aromatic rings. The number of ether oxygens (including phenoxy) is 9. The van der Waals surface area contributed by atoms with Crippen molar-refractivity contribution in [1.29, 1.82) is 0 Å². The number of carbonyl (C=O) groups is 8. The zero-order chi connectivity index (χ0) is 46.4. The van der Waals surface area contributed by atoms with E-state index in [0.717, 1.165) is 48.5 Å². The van der Waals surface area contributed by atoms with Crippen molar-refractivity contribution in [3.8, 4) is 0 Å². The first-order valence-corrected chi connectivity index (χ1v) is 20.0. The molecule has 20 heteroatoms. The van der Waals surface area contributed by atoms with Crippen molar-refractivity contribution in [2.75, 3.05) is 13.2 Å². The Labute approximate surface area is 360 Å². The molecule has 2 saturated carbocycles. The van der Waals surface area contributed by atoms with Crippen LogP contribution in [-0.4, -0.2) is 135 Å². The Morgan fingerprint density at radius 2 is 1.33 bits per heavy atom. The number of fused-ring (bicyclic) bond motifs is 5. The van der Waals surface area contributed by atoms with Gasteiger partial charge in [-0.25, -0.2) is 14.4 Å². The minimum atomic E-state index is -2.98. The molecule has 2 N–H and O–H groups in total. The van der Waals surface area contributed by atoms with Crippen molar-refractivity contribution >= 4 is 47.8 Å². The number of pyridine rings is 1. The lowest BCUT2D eigenvalue weighted by molar-refractivity contribution is -0.386. The smallest absolute Gasteiger partial charge is 0.340 e. The van der Waals surface area contributed by atoms with Gasteiger partial charge in [0.2, 0.25) is 0 Å². The molecule has 0 amide bonds. The Morgan fingerprint density at radius 1 is 0.746 bits per heavy atom. The van der Waals surface area contributed by atoms with Crippen LogP contribution in [0.1, 0.15) is 88.2 Å². The van der Waals surface area contributed by atoms with Crippen molar-refractivity contribution in [3.05, 3.63) is 65.5 Å². The molecule has 20 nitrogen and oxygen atoms in total. The van der Waals surface area contributed by atoms with Crippen molar-refractivity contribution in [2.24, 2.45) is 11.3 Å². The average molecular weight is 884 g/mol. The second-order valence-electron chi connectivity index (χ2n) is 16.7. The Kier molecular flexibility index (Phi) is 12.5. The zero-order valence-electron chi connectivity index (χ0n) is 35.8. The number of aryl methyl sites for hydroxylation is 1. The van der Waals surface area contributed by atoms with Gasteiger partial charge in [0.1, 0.15) is 42.0 Å². The molecule has 3 unspecified atom stereocenters. The highest BCUT2D eigenvalue weighted by Gasteiger charge is 2.92. The molecule has 3 heterocycles. The quantitative estimate of drug-likeness (QED) is 0.279. The lowest BCUT2D eigenvalue weighted by atomic mass is 9.45. The molecule has 2 aliphatic carbocycles. The van der Waals surface area contributed by atoms with E-state index in [1.807, 2.05) is 0 Å². The predicted molar refractivity (Wildman–Crippen MR) is 207 cm³/mol. The lowest BCUT2D eigenvalue weighted by Gasteiger charge is -2.67. The van der Waals surface area contributed by atoms with E-state index in [0.29, 0.717) is 0 Å². The number of hydrogen-bond donors (Lipinski definition) is 2. The van der Waals surface area contributed by atoms with E-state index in [1.165, 1.54) is 49.5 Å². The Bertz CT molecular complexity index is 2190. The van der Waals surface area contributed by atoms with E-state index in [1.54, 1.807) is 6.07 Å². The van der Waals surface area contributed by atoms with E-state index >= 15 is 0 Å². The van der Waals surface area contributed by atoms with Crippen LogP contribution in [-0.2, 0) is 77.8 Å². The van der Waals surface area contributed by atoms with Gasteiger partial charge < -0.3 is 52.8 Å². The Hall–Kier alpha value is -5.99. The summed E-state index contributed by atoms with van der Waals surface area (Å²) in [7, 11) is 0. The van der Waals surface area contributed by atoms with E-state index in [9.17, 15) is 48.6 Å². The predicted octanol–water partition coefficient (Wildman–Crippen LogP) is 1.27. The van der Waals surface area contributed by atoms with E-state index < -0.39 is 138 Å². The summed E-state index contributed by atoms with van der Waals surface area (Å²) < 4.78 is 54.9. The monoisotopic (exact) mass is 883 g/mol. The molecular weight excluding hydrogens is 834 g/mol. The van der Waals surface area contributed by atoms with Crippen LogP contribution in [0.5, 0.6) is 0 Å². The number of nitrogens with zero attached hydrogens (tertiary/aromatic N) is 1. The van der Waals surface area contributed by atoms with Crippen LogP contribution in [0.2, 0.25) is 0 Å². The standard InChI is InChI=1S/C43H49NO19/c1-21(45)55-20-42-34(59-24(4)48)30(57-22(2)46)29-32(58-23(3)47)43(42)41(8,54)33(31(35(42)60-25(5)49)61-36(50)26-13-10-9-11-14-26)62-38(52)39(6,53)17-16-28-27(15-12-18-44-28)37(51)56-19-40(29,7)63-43/h9-15,18,29-35,53-54H,16-17,19-20H2,1-8H3/t29?,30-,31+,32?,33+,34+,35+,39?,40+,41-,42+,43-/m1/s1. The van der Waals surface area contributed by atoms with Gasteiger partial charge in [0, 0.05) is 40.8 Å². The fourth-order valence-electron chi connectivity index (χ4n) is 9.73. The number of carbonyl (C=O) groups excluding carboxylic acids is 8. The maximum atomic E-state index is 14.5. The Balaban J connectivity index is 1.79. The number of esters is 8. The zero-order valence-corrected chi connectivity index (χ0v) is 35.8. The van der Waals surface area contributed by atoms with Crippen LogP contribution in [0.4, 0.5) is 0 Å². The topological polar surface area (TPSA) is 273 Å². The molecule has 1 aromatic carbocycles. The minimum Gasteiger partial charge on any atom is -0.465 e. The van der Waals surface area contributed by atoms with Gasteiger partial charge in [-0.1, -0.05) is 18.2 Å². The molecule has 340 valence electrons. The highest BCUT2D eigenvalue weighted by molar-refractivity contribution is 5.91. The van der Waals surface area contributed by atoms with Crippen LogP contribution in [0.15, 0.2) is 48.7 Å². The Morgan fingerprint density at radius 3 is 1.92 bits per heavy atom. The summed E-state index contributed by atoms with van der Waals surface area (Å²) in [4.78, 5) is 113. The van der Waals surface area contributed by atoms with Crippen LogP contribution in [0.3, 0.4) is 0 Å². The first kappa shape index (κ1) is 46.5. The highest BCUT2D eigenvalue weighted by Crippen LogP contribution is 2.70. The van der Waals surface area contributed by atoms with Gasteiger partial charge in [-0.2, -0.15) is 0 Å². The molecule has 1 spiro atoms.